The summed E-state index contributed by atoms with van der Waals surface area (Å²) in [6.07, 6.45) is 1.78. The van der Waals surface area contributed by atoms with Gasteiger partial charge in [0.05, 0.1) is 23.6 Å². The van der Waals surface area contributed by atoms with Crippen LogP contribution in [0, 0.1) is 13.8 Å². The highest BCUT2D eigenvalue weighted by atomic mass is 16.1. The van der Waals surface area contributed by atoms with E-state index >= 15 is 0 Å². The summed E-state index contributed by atoms with van der Waals surface area (Å²) in [7, 11) is 1.68. The fraction of sp³-hybridized carbons (Fsp3) is 0.471. The molecule has 1 saturated heterocycles. The Balaban J connectivity index is 1.75. The third-order valence-corrected chi connectivity index (χ3v) is 4.45. The third kappa shape index (κ3) is 3.26. The molecule has 7 nitrogen and oxygen atoms in total. The van der Waals surface area contributed by atoms with Crippen molar-refractivity contribution in [2.75, 3.05) is 44.7 Å². The molecule has 1 amide bonds. The number of nitrogens with one attached hydrogen (secondary N) is 1. The first-order valence-electron chi connectivity index (χ1n) is 8.25. The summed E-state index contributed by atoms with van der Waals surface area (Å²) in [5.41, 5.74) is 3.30. The average molecular weight is 328 g/mol. The van der Waals surface area contributed by atoms with E-state index in [2.05, 4.69) is 32.1 Å². The number of hydrogen-bond acceptors (Lipinski definition) is 5. The Bertz CT molecular complexity index is 703. The SMILES string of the molecule is CNC(=O)CN1CCN(c2c(C)nn(-c3ccccn3)c2C)CC1. The third-order valence-electron chi connectivity index (χ3n) is 4.45. The number of nitrogens with zero attached hydrogens (tertiary/aromatic N) is 5. The molecule has 0 bridgehead atoms. The molecular weight excluding hydrogens is 304 g/mol. The first kappa shape index (κ1) is 16.4. The molecule has 1 aliphatic rings. The molecule has 1 aliphatic heterocycles. The molecule has 128 valence electrons. The lowest BCUT2D eigenvalue weighted by Crippen LogP contribution is -2.49. The van der Waals surface area contributed by atoms with Crippen LogP contribution in [-0.4, -0.2) is 65.3 Å². The Hall–Kier alpha value is -2.41. The minimum absolute atomic E-state index is 0.0683. The molecule has 1 fully saturated rings. The summed E-state index contributed by atoms with van der Waals surface area (Å²) in [4.78, 5) is 20.4. The van der Waals surface area contributed by atoms with Crippen molar-refractivity contribution in [3.05, 3.63) is 35.8 Å². The Morgan fingerprint density at radius 3 is 2.58 bits per heavy atom. The normalized spacial score (nSPS) is 15.5. The van der Waals surface area contributed by atoms with Gasteiger partial charge in [-0.2, -0.15) is 5.10 Å². The summed E-state index contributed by atoms with van der Waals surface area (Å²) < 4.78 is 1.90. The fourth-order valence-electron chi connectivity index (χ4n) is 3.21. The summed E-state index contributed by atoms with van der Waals surface area (Å²) in [6, 6.07) is 5.84. The largest absolute Gasteiger partial charge is 0.366 e. The zero-order valence-corrected chi connectivity index (χ0v) is 14.5. The number of pyridine rings is 1. The molecular formula is C17H24N6O. The van der Waals surface area contributed by atoms with Crippen molar-refractivity contribution < 1.29 is 4.79 Å². The minimum Gasteiger partial charge on any atom is -0.366 e. The molecule has 7 heteroatoms. The summed E-state index contributed by atoms with van der Waals surface area (Å²) >= 11 is 0. The smallest absolute Gasteiger partial charge is 0.233 e. The van der Waals surface area contributed by atoms with Gasteiger partial charge < -0.3 is 10.2 Å². The zero-order valence-electron chi connectivity index (χ0n) is 14.5. The van der Waals surface area contributed by atoms with Gasteiger partial charge in [0.1, 0.15) is 0 Å². The number of aromatic nitrogens is 3. The first-order valence-corrected chi connectivity index (χ1v) is 8.25. The number of aryl methyl sites for hydroxylation is 1. The monoisotopic (exact) mass is 328 g/mol. The van der Waals surface area contributed by atoms with Gasteiger partial charge in [0.15, 0.2) is 5.82 Å². The first-order chi connectivity index (χ1) is 11.6. The van der Waals surface area contributed by atoms with Crippen LogP contribution in [0.5, 0.6) is 0 Å². The number of piperazine rings is 1. The number of amides is 1. The molecule has 0 aliphatic carbocycles. The van der Waals surface area contributed by atoms with Crippen LogP contribution in [-0.2, 0) is 4.79 Å². The number of hydrogen-bond donors (Lipinski definition) is 1. The average Bonchev–Trinajstić information content (AvgIpc) is 2.91. The van der Waals surface area contributed by atoms with Crippen molar-refractivity contribution in [2.24, 2.45) is 0 Å². The quantitative estimate of drug-likeness (QED) is 0.897. The number of carbonyl (C=O) groups excluding carboxylic acids is 1. The predicted octanol–water partition coefficient (Wildman–Crippen LogP) is 0.752. The lowest BCUT2D eigenvalue weighted by Gasteiger charge is -2.35. The van der Waals surface area contributed by atoms with Gasteiger partial charge in [-0.15, -0.1) is 0 Å². The van der Waals surface area contributed by atoms with E-state index in [0.29, 0.717) is 6.54 Å². The lowest BCUT2D eigenvalue weighted by atomic mass is 10.2. The molecule has 2 aromatic heterocycles. The van der Waals surface area contributed by atoms with Gasteiger partial charge in [0, 0.05) is 39.4 Å². The van der Waals surface area contributed by atoms with Crippen molar-refractivity contribution in [1.29, 1.82) is 0 Å². The van der Waals surface area contributed by atoms with E-state index in [1.807, 2.05) is 29.8 Å². The van der Waals surface area contributed by atoms with Crippen LogP contribution >= 0.6 is 0 Å². The maximum absolute atomic E-state index is 11.5. The van der Waals surface area contributed by atoms with Crippen LogP contribution in [0.1, 0.15) is 11.4 Å². The van der Waals surface area contributed by atoms with Crippen molar-refractivity contribution >= 4 is 11.6 Å². The van der Waals surface area contributed by atoms with Crippen LogP contribution in [0.25, 0.3) is 5.82 Å². The van der Waals surface area contributed by atoms with Gasteiger partial charge >= 0.3 is 0 Å². The predicted molar refractivity (Wildman–Crippen MR) is 93.6 cm³/mol. The Morgan fingerprint density at radius 1 is 1.21 bits per heavy atom. The number of carbonyl (C=O) groups is 1. The number of rotatable bonds is 4. The lowest BCUT2D eigenvalue weighted by molar-refractivity contribution is -0.121. The highest BCUT2D eigenvalue weighted by Crippen LogP contribution is 2.27. The molecule has 0 saturated carbocycles. The van der Waals surface area contributed by atoms with Gasteiger partial charge in [0.2, 0.25) is 5.91 Å². The van der Waals surface area contributed by atoms with E-state index in [9.17, 15) is 4.79 Å². The van der Waals surface area contributed by atoms with E-state index < -0.39 is 0 Å². The molecule has 3 rings (SSSR count). The molecule has 0 unspecified atom stereocenters. The molecule has 2 aromatic rings. The van der Waals surface area contributed by atoms with Crippen LogP contribution in [0.3, 0.4) is 0 Å². The molecule has 0 spiro atoms. The van der Waals surface area contributed by atoms with Crippen LogP contribution in [0.15, 0.2) is 24.4 Å². The standard InChI is InChI=1S/C17H24N6O/c1-13-17(14(2)23(20-13)15-6-4-5-7-19-15)22-10-8-21(9-11-22)12-16(24)18-3/h4-7H,8-12H2,1-3H3,(H,18,24). The second kappa shape index (κ2) is 7.00. The second-order valence-electron chi connectivity index (χ2n) is 6.06. The molecule has 0 radical (unpaired) electrons. The Labute approximate surface area is 142 Å². The number of likely N-dealkylation sites (N-methyl/N-ethyl adjacent to an activating group) is 1. The van der Waals surface area contributed by atoms with Crippen molar-refractivity contribution in [3.8, 4) is 5.82 Å². The molecule has 0 aromatic carbocycles. The second-order valence-corrected chi connectivity index (χ2v) is 6.06. The van der Waals surface area contributed by atoms with E-state index in [-0.39, 0.29) is 5.91 Å². The van der Waals surface area contributed by atoms with Crippen molar-refractivity contribution in [2.45, 2.75) is 13.8 Å². The van der Waals surface area contributed by atoms with Gasteiger partial charge in [-0.3, -0.25) is 9.69 Å². The molecule has 1 N–H and O–H groups in total. The van der Waals surface area contributed by atoms with Gasteiger partial charge in [-0.05, 0) is 26.0 Å². The van der Waals surface area contributed by atoms with E-state index in [1.54, 1.807) is 13.2 Å². The topological polar surface area (TPSA) is 66.3 Å². The van der Waals surface area contributed by atoms with Gasteiger partial charge in [-0.25, -0.2) is 9.67 Å². The van der Waals surface area contributed by atoms with E-state index in [1.165, 1.54) is 5.69 Å². The van der Waals surface area contributed by atoms with Gasteiger partial charge in [-0.1, -0.05) is 6.07 Å². The van der Waals surface area contributed by atoms with E-state index in [0.717, 1.165) is 43.4 Å². The highest BCUT2D eigenvalue weighted by molar-refractivity contribution is 5.77. The van der Waals surface area contributed by atoms with Crippen molar-refractivity contribution in [1.82, 2.24) is 25.0 Å². The molecule has 24 heavy (non-hydrogen) atoms. The summed E-state index contributed by atoms with van der Waals surface area (Å²) in [5.74, 6) is 0.904. The van der Waals surface area contributed by atoms with E-state index in [4.69, 9.17) is 0 Å². The molecule has 3 heterocycles. The van der Waals surface area contributed by atoms with Gasteiger partial charge in [0.25, 0.3) is 0 Å². The summed E-state index contributed by atoms with van der Waals surface area (Å²) in [6.45, 7) is 8.14. The minimum atomic E-state index is 0.0683. The van der Waals surface area contributed by atoms with Crippen molar-refractivity contribution in [3.63, 3.8) is 0 Å². The van der Waals surface area contributed by atoms with Crippen LogP contribution < -0.4 is 10.2 Å². The molecule has 0 atom stereocenters. The Morgan fingerprint density at radius 2 is 1.96 bits per heavy atom. The van der Waals surface area contributed by atoms with Crippen LogP contribution in [0.4, 0.5) is 5.69 Å². The maximum atomic E-state index is 11.5. The highest BCUT2D eigenvalue weighted by Gasteiger charge is 2.24. The number of anilines is 1. The summed E-state index contributed by atoms with van der Waals surface area (Å²) in [5, 5.41) is 7.35. The zero-order chi connectivity index (χ0) is 17.1. The maximum Gasteiger partial charge on any atom is 0.233 e. The Kier molecular flexibility index (Phi) is 4.80. The fourth-order valence-corrected chi connectivity index (χ4v) is 3.21. The van der Waals surface area contributed by atoms with Crippen LogP contribution in [0.2, 0.25) is 0 Å².